The van der Waals surface area contributed by atoms with E-state index < -0.39 is 6.04 Å². The molecular formula is C24H28N2O3. The monoisotopic (exact) mass is 392 g/mol. The maximum Gasteiger partial charge on any atom is 0.246 e. The Balaban J connectivity index is 1.61. The van der Waals surface area contributed by atoms with Crippen LogP contribution >= 0.6 is 0 Å². The number of hydrogen-bond acceptors (Lipinski definition) is 3. The van der Waals surface area contributed by atoms with Gasteiger partial charge in [0.25, 0.3) is 0 Å². The van der Waals surface area contributed by atoms with Crippen LogP contribution in [0.5, 0.6) is 0 Å². The molecule has 2 amide bonds. The molecule has 29 heavy (non-hydrogen) atoms. The number of carbonyl (C=O) groups excluding carboxylic acids is 3. The van der Waals surface area contributed by atoms with E-state index in [4.69, 9.17) is 0 Å². The molecule has 2 aromatic rings. The van der Waals surface area contributed by atoms with Gasteiger partial charge in [0.15, 0.2) is 0 Å². The molecule has 2 unspecified atom stereocenters. The number of hydrogen-bond donors (Lipinski definition) is 1. The second-order valence-corrected chi connectivity index (χ2v) is 7.53. The summed E-state index contributed by atoms with van der Waals surface area (Å²) in [7, 11) is 0. The van der Waals surface area contributed by atoms with Gasteiger partial charge in [-0.05, 0) is 36.8 Å². The van der Waals surface area contributed by atoms with Gasteiger partial charge >= 0.3 is 0 Å². The molecule has 0 radical (unpaired) electrons. The van der Waals surface area contributed by atoms with Crippen molar-refractivity contribution >= 4 is 18.1 Å². The van der Waals surface area contributed by atoms with Crippen molar-refractivity contribution in [1.82, 2.24) is 10.2 Å². The number of nitrogens with zero attached hydrogens (tertiary/aromatic N) is 1. The lowest BCUT2D eigenvalue weighted by Gasteiger charge is -2.27. The smallest absolute Gasteiger partial charge is 0.246 e. The van der Waals surface area contributed by atoms with Crippen LogP contribution in [0.3, 0.4) is 0 Å². The van der Waals surface area contributed by atoms with E-state index in [9.17, 15) is 14.4 Å². The lowest BCUT2D eigenvalue weighted by Crippen LogP contribution is -2.51. The van der Waals surface area contributed by atoms with Crippen LogP contribution in [0.2, 0.25) is 0 Å². The van der Waals surface area contributed by atoms with Crippen molar-refractivity contribution in [2.75, 3.05) is 6.54 Å². The van der Waals surface area contributed by atoms with E-state index in [-0.39, 0.29) is 17.9 Å². The van der Waals surface area contributed by atoms with Crippen LogP contribution in [-0.2, 0) is 27.2 Å². The Kier molecular flexibility index (Phi) is 7.56. The predicted octanol–water partition coefficient (Wildman–Crippen LogP) is 2.93. The van der Waals surface area contributed by atoms with Gasteiger partial charge in [-0.15, -0.1) is 0 Å². The largest absolute Gasteiger partial charge is 0.344 e. The van der Waals surface area contributed by atoms with Crippen LogP contribution in [0.25, 0.3) is 0 Å². The van der Waals surface area contributed by atoms with Crippen molar-refractivity contribution in [2.45, 2.75) is 50.6 Å². The average Bonchev–Trinajstić information content (AvgIpc) is 3.23. The zero-order valence-electron chi connectivity index (χ0n) is 16.6. The topological polar surface area (TPSA) is 66.5 Å². The van der Waals surface area contributed by atoms with Gasteiger partial charge in [0.2, 0.25) is 11.8 Å². The second kappa shape index (κ2) is 10.6. The number of carbonyl (C=O) groups is 3. The quantitative estimate of drug-likeness (QED) is 0.667. The molecule has 0 spiro atoms. The predicted molar refractivity (Wildman–Crippen MR) is 112 cm³/mol. The summed E-state index contributed by atoms with van der Waals surface area (Å²) in [4.78, 5) is 38.6. The van der Waals surface area contributed by atoms with E-state index >= 15 is 0 Å². The molecule has 0 aliphatic carbocycles. The highest BCUT2D eigenvalue weighted by Crippen LogP contribution is 2.18. The van der Waals surface area contributed by atoms with Gasteiger partial charge < -0.3 is 15.0 Å². The molecule has 2 atom stereocenters. The van der Waals surface area contributed by atoms with Gasteiger partial charge in [0.05, 0.1) is 6.04 Å². The lowest BCUT2D eigenvalue weighted by atomic mass is 10.0. The summed E-state index contributed by atoms with van der Waals surface area (Å²) in [6, 6.07) is 18.7. The van der Waals surface area contributed by atoms with Crippen molar-refractivity contribution < 1.29 is 14.4 Å². The van der Waals surface area contributed by atoms with E-state index in [1.807, 2.05) is 60.7 Å². The number of aldehydes is 1. The zero-order valence-corrected chi connectivity index (χ0v) is 16.6. The molecule has 1 aliphatic heterocycles. The first-order chi connectivity index (χ1) is 14.2. The first-order valence-electron chi connectivity index (χ1n) is 10.3. The Hall–Kier alpha value is -2.95. The summed E-state index contributed by atoms with van der Waals surface area (Å²) in [5, 5.41) is 2.93. The molecule has 1 aliphatic rings. The Bertz CT molecular complexity index is 807. The van der Waals surface area contributed by atoms with Crippen LogP contribution in [0.1, 0.15) is 36.8 Å². The van der Waals surface area contributed by atoms with Crippen molar-refractivity contribution in [3.8, 4) is 0 Å². The zero-order chi connectivity index (χ0) is 20.5. The fourth-order valence-electron chi connectivity index (χ4n) is 3.82. The molecule has 1 saturated heterocycles. The minimum absolute atomic E-state index is 0.128. The third-order valence-corrected chi connectivity index (χ3v) is 5.37. The highest BCUT2D eigenvalue weighted by atomic mass is 16.2. The highest BCUT2D eigenvalue weighted by Gasteiger charge is 2.33. The van der Waals surface area contributed by atoms with E-state index in [1.165, 1.54) is 5.56 Å². The summed E-state index contributed by atoms with van der Waals surface area (Å²) in [6.45, 7) is 0.567. The Morgan fingerprint density at radius 2 is 1.69 bits per heavy atom. The van der Waals surface area contributed by atoms with E-state index in [0.717, 1.165) is 31.1 Å². The Labute approximate surface area is 172 Å². The molecule has 0 bridgehead atoms. The maximum absolute atomic E-state index is 13.1. The first kappa shape index (κ1) is 20.8. The van der Waals surface area contributed by atoms with Crippen LogP contribution < -0.4 is 5.32 Å². The van der Waals surface area contributed by atoms with Gasteiger partial charge in [-0.3, -0.25) is 9.59 Å². The van der Waals surface area contributed by atoms with Gasteiger partial charge in [-0.25, -0.2) is 0 Å². The summed E-state index contributed by atoms with van der Waals surface area (Å²) in [5.74, 6) is -0.295. The lowest BCUT2D eigenvalue weighted by molar-refractivity contribution is -0.138. The van der Waals surface area contributed by atoms with Crippen molar-refractivity contribution in [1.29, 1.82) is 0 Å². The first-order valence-corrected chi connectivity index (χ1v) is 10.3. The maximum atomic E-state index is 13.1. The normalized spacial score (nSPS) is 17.0. The molecule has 0 aromatic heterocycles. The summed E-state index contributed by atoms with van der Waals surface area (Å²) < 4.78 is 0. The van der Waals surface area contributed by atoms with Gasteiger partial charge in [-0.2, -0.15) is 0 Å². The molecular weight excluding hydrogens is 364 g/mol. The summed E-state index contributed by atoms with van der Waals surface area (Å²) in [6.07, 6.45) is 4.69. The molecule has 1 fully saturated rings. The fraction of sp³-hybridized carbons (Fsp3) is 0.375. The molecule has 5 nitrogen and oxygen atoms in total. The third-order valence-electron chi connectivity index (χ3n) is 5.37. The van der Waals surface area contributed by atoms with Gasteiger partial charge in [0, 0.05) is 19.4 Å². The van der Waals surface area contributed by atoms with Crippen LogP contribution in [0, 0.1) is 0 Å². The number of amides is 2. The molecule has 3 rings (SSSR count). The van der Waals surface area contributed by atoms with E-state index in [2.05, 4.69) is 5.32 Å². The summed E-state index contributed by atoms with van der Waals surface area (Å²) in [5.41, 5.74) is 2.18. The minimum atomic E-state index is -0.651. The molecule has 0 saturated carbocycles. The molecule has 1 N–H and O–H groups in total. The van der Waals surface area contributed by atoms with E-state index in [0.29, 0.717) is 25.8 Å². The van der Waals surface area contributed by atoms with Crippen LogP contribution in [0.15, 0.2) is 60.7 Å². The van der Waals surface area contributed by atoms with Gasteiger partial charge in [0.1, 0.15) is 12.3 Å². The highest BCUT2D eigenvalue weighted by molar-refractivity contribution is 5.89. The Morgan fingerprint density at radius 1 is 1.03 bits per heavy atom. The molecule has 5 heteroatoms. The standard InChI is InChI=1S/C24H28N2O3/c27-18-21-14-8-16-26(21)24(29)22(17-20-11-5-2-6-12-20)25-23(28)15-7-13-19-9-3-1-4-10-19/h1-6,9-12,18,21-22H,7-8,13-17H2,(H,25,28). The SMILES string of the molecule is O=CC1CCCN1C(=O)C(Cc1ccccc1)NC(=O)CCCc1ccccc1. The number of benzene rings is 2. The number of aryl methyl sites for hydroxylation is 1. The molecule has 1 heterocycles. The van der Waals surface area contributed by atoms with Crippen LogP contribution in [0.4, 0.5) is 0 Å². The number of likely N-dealkylation sites (tertiary alicyclic amines) is 1. The van der Waals surface area contributed by atoms with Crippen molar-refractivity contribution in [2.24, 2.45) is 0 Å². The second-order valence-electron chi connectivity index (χ2n) is 7.53. The molecule has 152 valence electrons. The average molecular weight is 392 g/mol. The summed E-state index contributed by atoms with van der Waals surface area (Å²) >= 11 is 0. The third kappa shape index (κ3) is 6.01. The fourth-order valence-corrected chi connectivity index (χ4v) is 3.82. The van der Waals surface area contributed by atoms with Gasteiger partial charge in [-0.1, -0.05) is 60.7 Å². The minimum Gasteiger partial charge on any atom is -0.344 e. The number of rotatable bonds is 9. The number of nitrogens with one attached hydrogen (secondary N) is 1. The van der Waals surface area contributed by atoms with Crippen LogP contribution in [-0.4, -0.2) is 41.6 Å². The van der Waals surface area contributed by atoms with Crippen molar-refractivity contribution in [3.63, 3.8) is 0 Å². The van der Waals surface area contributed by atoms with Crippen molar-refractivity contribution in [3.05, 3.63) is 71.8 Å². The van der Waals surface area contributed by atoms with E-state index in [1.54, 1.807) is 4.90 Å². The Morgan fingerprint density at radius 3 is 2.34 bits per heavy atom. The molecule has 2 aromatic carbocycles.